The van der Waals surface area contributed by atoms with Crippen LogP contribution in [0.5, 0.6) is 23.0 Å². The molecule has 0 unspecified atom stereocenters. The van der Waals surface area contributed by atoms with E-state index in [0.717, 1.165) is 44.2 Å². The Morgan fingerprint density at radius 3 is 2.23 bits per heavy atom. The van der Waals surface area contributed by atoms with Crippen LogP contribution >= 0.6 is 0 Å². The highest BCUT2D eigenvalue weighted by molar-refractivity contribution is 5.54. The molecule has 9 nitrogen and oxygen atoms in total. The number of quaternary nitrogens is 2. The van der Waals surface area contributed by atoms with E-state index in [4.69, 9.17) is 18.9 Å². The molecule has 2 aromatic rings. The third-order valence-corrected chi connectivity index (χ3v) is 5.78. The lowest BCUT2D eigenvalue weighted by atomic mass is 10.1. The average molecular weight is 417 g/mol. The maximum absolute atomic E-state index is 11.5. The summed E-state index contributed by atoms with van der Waals surface area (Å²) >= 11 is 0. The summed E-state index contributed by atoms with van der Waals surface area (Å²) in [6.45, 7) is 5.72. The molecule has 0 aromatic heterocycles. The molecule has 1 fully saturated rings. The van der Waals surface area contributed by atoms with E-state index in [1.54, 1.807) is 13.2 Å². The summed E-state index contributed by atoms with van der Waals surface area (Å²) in [4.78, 5) is 14.0. The van der Waals surface area contributed by atoms with Crippen LogP contribution in [0.3, 0.4) is 0 Å². The van der Waals surface area contributed by atoms with Crippen LogP contribution in [-0.4, -0.2) is 52.1 Å². The molecule has 1 saturated heterocycles. The van der Waals surface area contributed by atoms with Crippen molar-refractivity contribution in [1.82, 2.24) is 0 Å². The number of fused-ring (bicyclic) bond motifs is 1. The molecule has 0 amide bonds. The van der Waals surface area contributed by atoms with Crippen LogP contribution in [0.4, 0.5) is 5.69 Å². The Hall–Kier alpha value is -3.04. The third kappa shape index (κ3) is 4.27. The minimum absolute atomic E-state index is 0.0790. The first-order chi connectivity index (χ1) is 14.6. The molecule has 4 rings (SSSR count). The van der Waals surface area contributed by atoms with Gasteiger partial charge in [-0.15, -0.1) is 0 Å². The van der Waals surface area contributed by atoms with E-state index >= 15 is 0 Å². The van der Waals surface area contributed by atoms with Gasteiger partial charge in [-0.2, -0.15) is 0 Å². The Balaban J connectivity index is 1.38. The number of rotatable bonds is 7. The highest BCUT2D eigenvalue weighted by Gasteiger charge is 2.28. The van der Waals surface area contributed by atoms with Gasteiger partial charge in [0.15, 0.2) is 23.0 Å². The summed E-state index contributed by atoms with van der Waals surface area (Å²) in [6, 6.07) is 9.30. The van der Waals surface area contributed by atoms with E-state index in [9.17, 15) is 10.1 Å². The van der Waals surface area contributed by atoms with Gasteiger partial charge < -0.3 is 28.7 Å². The third-order valence-electron chi connectivity index (χ3n) is 5.78. The minimum Gasteiger partial charge on any atom is -0.493 e. The van der Waals surface area contributed by atoms with Crippen LogP contribution in [0.15, 0.2) is 30.3 Å². The monoisotopic (exact) mass is 417 g/mol. The molecule has 9 heteroatoms. The average Bonchev–Trinajstić information content (AvgIpc) is 3.22. The van der Waals surface area contributed by atoms with Gasteiger partial charge in [0.25, 0.3) is 5.69 Å². The SMILES string of the molecule is COc1cc(C[NH+]2CC[NH+](Cc3ccc4c(c3)OCO4)CC2)c([N+](=O)[O-])cc1OC. The predicted octanol–water partition coefficient (Wildman–Crippen LogP) is -0.176. The maximum atomic E-state index is 11.5. The number of nitrogens with zero attached hydrogens (tertiary/aromatic N) is 1. The lowest BCUT2D eigenvalue weighted by molar-refractivity contribution is -1.02. The zero-order valence-corrected chi connectivity index (χ0v) is 17.2. The Labute approximate surface area is 174 Å². The summed E-state index contributed by atoms with van der Waals surface area (Å²) in [6.07, 6.45) is 0. The normalized spacial score (nSPS) is 20.1. The zero-order chi connectivity index (χ0) is 21.1. The number of methoxy groups -OCH3 is 2. The van der Waals surface area contributed by atoms with Crippen LogP contribution in [0.2, 0.25) is 0 Å². The Kier molecular flexibility index (Phi) is 5.91. The first-order valence-corrected chi connectivity index (χ1v) is 10.0. The number of piperazine rings is 1. The van der Waals surface area contributed by atoms with Gasteiger partial charge in [-0.1, -0.05) is 0 Å². The van der Waals surface area contributed by atoms with Crippen molar-refractivity contribution in [2.45, 2.75) is 13.1 Å². The number of nitro groups is 1. The topological polar surface area (TPSA) is 88.9 Å². The van der Waals surface area contributed by atoms with Crippen LogP contribution in [-0.2, 0) is 13.1 Å². The molecule has 0 atom stereocenters. The van der Waals surface area contributed by atoms with Gasteiger partial charge >= 0.3 is 0 Å². The van der Waals surface area contributed by atoms with E-state index in [1.165, 1.54) is 28.5 Å². The van der Waals surface area contributed by atoms with E-state index in [2.05, 4.69) is 12.1 Å². The Morgan fingerprint density at radius 2 is 1.57 bits per heavy atom. The smallest absolute Gasteiger partial charge is 0.282 e. The van der Waals surface area contributed by atoms with Crippen molar-refractivity contribution in [3.8, 4) is 23.0 Å². The van der Waals surface area contributed by atoms with Crippen LogP contribution < -0.4 is 28.7 Å². The maximum Gasteiger partial charge on any atom is 0.282 e. The van der Waals surface area contributed by atoms with Crippen molar-refractivity contribution < 1.29 is 33.7 Å². The van der Waals surface area contributed by atoms with Gasteiger partial charge in [-0.25, -0.2) is 0 Å². The van der Waals surface area contributed by atoms with E-state index in [0.29, 0.717) is 23.6 Å². The molecule has 2 N–H and O–H groups in total. The van der Waals surface area contributed by atoms with Gasteiger partial charge in [-0.05, 0) is 24.3 Å². The number of hydrogen-bond acceptors (Lipinski definition) is 6. The summed E-state index contributed by atoms with van der Waals surface area (Å²) in [7, 11) is 3.02. The first-order valence-electron chi connectivity index (χ1n) is 10.0. The Bertz CT molecular complexity index is 927. The fourth-order valence-electron chi connectivity index (χ4n) is 4.14. The van der Waals surface area contributed by atoms with Crippen LogP contribution in [0, 0.1) is 10.1 Å². The number of nitrogens with one attached hydrogen (secondary N) is 2. The molecular weight excluding hydrogens is 390 g/mol. The molecule has 0 bridgehead atoms. The van der Waals surface area contributed by atoms with Crippen LogP contribution in [0.1, 0.15) is 11.1 Å². The molecule has 30 heavy (non-hydrogen) atoms. The lowest BCUT2D eigenvalue weighted by Crippen LogP contribution is -3.27. The zero-order valence-electron chi connectivity index (χ0n) is 17.2. The highest BCUT2D eigenvalue weighted by atomic mass is 16.7. The molecule has 2 aromatic carbocycles. The number of hydrogen-bond donors (Lipinski definition) is 2. The van der Waals surface area contributed by atoms with Gasteiger partial charge in [-0.3, -0.25) is 10.1 Å². The summed E-state index contributed by atoms with van der Waals surface area (Å²) in [5, 5.41) is 11.5. The minimum atomic E-state index is -0.349. The molecule has 0 radical (unpaired) electrons. The number of ether oxygens (including phenoxy) is 4. The molecule has 2 aliphatic heterocycles. The fraction of sp³-hybridized carbons (Fsp3) is 0.429. The molecule has 0 saturated carbocycles. The number of nitro benzene ring substituents is 1. The van der Waals surface area contributed by atoms with Gasteiger partial charge in [0, 0.05) is 5.56 Å². The molecule has 160 valence electrons. The second-order valence-electron chi connectivity index (χ2n) is 7.63. The largest absolute Gasteiger partial charge is 0.493 e. The van der Waals surface area contributed by atoms with Crippen molar-refractivity contribution in [1.29, 1.82) is 0 Å². The van der Waals surface area contributed by atoms with Crippen molar-refractivity contribution in [2.24, 2.45) is 0 Å². The van der Waals surface area contributed by atoms with Crippen molar-refractivity contribution in [3.05, 3.63) is 51.6 Å². The second kappa shape index (κ2) is 8.76. The van der Waals surface area contributed by atoms with E-state index in [-0.39, 0.29) is 17.4 Å². The quantitative estimate of drug-likeness (QED) is 0.480. The lowest BCUT2D eigenvalue weighted by Gasteiger charge is -2.29. The van der Waals surface area contributed by atoms with Gasteiger partial charge in [0.1, 0.15) is 39.3 Å². The van der Waals surface area contributed by atoms with Crippen molar-refractivity contribution in [3.63, 3.8) is 0 Å². The molecule has 2 heterocycles. The number of benzene rings is 2. The predicted molar refractivity (Wildman–Crippen MR) is 108 cm³/mol. The Morgan fingerprint density at radius 1 is 0.933 bits per heavy atom. The van der Waals surface area contributed by atoms with E-state index < -0.39 is 0 Å². The fourth-order valence-corrected chi connectivity index (χ4v) is 4.14. The van der Waals surface area contributed by atoms with Crippen molar-refractivity contribution >= 4 is 5.69 Å². The highest BCUT2D eigenvalue weighted by Crippen LogP contribution is 2.34. The standard InChI is InChI=1S/C21H25N3O6/c1-27-19-10-16(17(24(25)26)11-20(19)28-2)13-23-7-5-22(6-8-23)12-15-3-4-18-21(9-15)30-14-29-18/h3-4,9-11H,5-8,12-14H2,1-2H3/p+2. The van der Waals surface area contributed by atoms with Crippen LogP contribution in [0.25, 0.3) is 0 Å². The summed E-state index contributed by atoms with van der Waals surface area (Å²) in [5.41, 5.74) is 1.98. The summed E-state index contributed by atoms with van der Waals surface area (Å²) < 4.78 is 21.4. The summed E-state index contributed by atoms with van der Waals surface area (Å²) in [5.74, 6) is 2.52. The second-order valence-corrected chi connectivity index (χ2v) is 7.63. The van der Waals surface area contributed by atoms with E-state index in [1.807, 2.05) is 6.07 Å². The molecule has 2 aliphatic rings. The van der Waals surface area contributed by atoms with Crippen molar-refractivity contribution in [2.75, 3.05) is 47.2 Å². The van der Waals surface area contributed by atoms with Gasteiger partial charge in [0.2, 0.25) is 6.79 Å². The first kappa shape index (κ1) is 20.2. The molecule has 0 spiro atoms. The van der Waals surface area contributed by atoms with Gasteiger partial charge in [0.05, 0.1) is 30.8 Å². The molecular formula is C21H27N3O6+2. The molecule has 0 aliphatic carbocycles.